The monoisotopic (exact) mass is 311 g/mol. The zero-order valence-electron chi connectivity index (χ0n) is 12.8. The van der Waals surface area contributed by atoms with Gasteiger partial charge in [0.2, 0.25) is 5.95 Å². The molecule has 0 atom stereocenters. The number of hydrogen-bond acceptors (Lipinski definition) is 7. The van der Waals surface area contributed by atoms with Crippen LogP contribution in [0.25, 0.3) is 22.3 Å². The first kappa shape index (κ1) is 13.9. The van der Waals surface area contributed by atoms with Gasteiger partial charge in [0, 0.05) is 31.9 Å². The van der Waals surface area contributed by atoms with Crippen LogP contribution in [0.3, 0.4) is 0 Å². The summed E-state index contributed by atoms with van der Waals surface area (Å²) in [5, 5.41) is 5.21. The first-order valence-corrected chi connectivity index (χ1v) is 7.47. The largest absolute Gasteiger partial charge is 0.384 e. The number of ether oxygens (including phenoxy) is 1. The van der Waals surface area contributed by atoms with E-state index in [0.717, 1.165) is 35.4 Å². The highest BCUT2D eigenvalue weighted by Crippen LogP contribution is 2.28. The average Bonchev–Trinajstić information content (AvgIpc) is 2.97. The number of hydrogen-bond donors (Lipinski definition) is 1. The first-order valence-electron chi connectivity index (χ1n) is 7.47. The van der Waals surface area contributed by atoms with Gasteiger partial charge in [-0.15, -0.1) is 0 Å². The highest BCUT2D eigenvalue weighted by molar-refractivity contribution is 5.91. The fourth-order valence-corrected chi connectivity index (χ4v) is 2.68. The topological polar surface area (TPSA) is 95.0 Å². The van der Waals surface area contributed by atoms with Gasteiger partial charge in [-0.2, -0.15) is 10.1 Å². The molecule has 0 radical (unpaired) electrons. The molecule has 8 nitrogen and oxygen atoms in total. The summed E-state index contributed by atoms with van der Waals surface area (Å²) in [5.41, 5.74) is 8.20. The number of nitrogens with zero attached hydrogens (tertiary/aromatic N) is 6. The molecule has 0 saturated carbocycles. The third kappa shape index (κ3) is 2.46. The van der Waals surface area contributed by atoms with E-state index < -0.39 is 0 Å². The van der Waals surface area contributed by atoms with Gasteiger partial charge in [0.1, 0.15) is 5.82 Å². The summed E-state index contributed by atoms with van der Waals surface area (Å²) in [6, 6.07) is 3.69. The number of fused-ring (bicyclic) bond motifs is 1. The molecule has 0 unspecified atom stereocenters. The number of anilines is 2. The average molecular weight is 311 g/mol. The van der Waals surface area contributed by atoms with Gasteiger partial charge in [-0.05, 0) is 12.1 Å². The maximum atomic E-state index is 5.69. The normalized spacial score (nSPS) is 15.3. The molecule has 2 N–H and O–H groups in total. The number of aryl methyl sites for hydroxylation is 1. The molecule has 23 heavy (non-hydrogen) atoms. The summed E-state index contributed by atoms with van der Waals surface area (Å²) >= 11 is 0. The van der Waals surface area contributed by atoms with Crippen molar-refractivity contribution in [2.75, 3.05) is 36.9 Å². The van der Waals surface area contributed by atoms with Crippen LogP contribution in [0, 0.1) is 0 Å². The quantitative estimate of drug-likeness (QED) is 0.749. The van der Waals surface area contributed by atoms with E-state index in [-0.39, 0.29) is 0 Å². The van der Waals surface area contributed by atoms with Crippen LogP contribution < -0.4 is 10.6 Å². The van der Waals surface area contributed by atoms with Crippen LogP contribution in [0.2, 0.25) is 0 Å². The molecular formula is C15H17N7O. The Bertz CT molecular complexity index is 837. The molecule has 1 saturated heterocycles. The third-order valence-corrected chi connectivity index (χ3v) is 3.93. The van der Waals surface area contributed by atoms with E-state index in [1.54, 1.807) is 23.1 Å². The zero-order valence-corrected chi connectivity index (χ0v) is 12.8. The fraction of sp³-hybridized carbons (Fsp3) is 0.333. The van der Waals surface area contributed by atoms with E-state index in [1.165, 1.54) is 0 Å². The summed E-state index contributed by atoms with van der Waals surface area (Å²) in [7, 11) is 1.88. The van der Waals surface area contributed by atoms with Gasteiger partial charge < -0.3 is 15.4 Å². The molecule has 4 rings (SSSR count). The molecule has 4 heterocycles. The molecule has 1 fully saturated rings. The van der Waals surface area contributed by atoms with Crippen LogP contribution >= 0.6 is 0 Å². The molecule has 1 aliphatic rings. The predicted octanol–water partition coefficient (Wildman–Crippen LogP) is 0.844. The van der Waals surface area contributed by atoms with Gasteiger partial charge in [-0.3, -0.25) is 4.68 Å². The van der Waals surface area contributed by atoms with Crippen LogP contribution in [0.15, 0.2) is 24.5 Å². The summed E-state index contributed by atoms with van der Waals surface area (Å²) in [4.78, 5) is 15.7. The van der Waals surface area contributed by atoms with E-state index in [4.69, 9.17) is 15.5 Å². The first-order chi connectivity index (χ1) is 11.2. The lowest BCUT2D eigenvalue weighted by molar-refractivity contribution is 0.122. The molecule has 3 aromatic rings. The Morgan fingerprint density at radius 2 is 1.96 bits per heavy atom. The van der Waals surface area contributed by atoms with Crippen LogP contribution in [0.4, 0.5) is 11.8 Å². The molecular weight excluding hydrogens is 294 g/mol. The van der Waals surface area contributed by atoms with Crippen molar-refractivity contribution >= 4 is 22.8 Å². The van der Waals surface area contributed by atoms with E-state index >= 15 is 0 Å². The second-order valence-electron chi connectivity index (χ2n) is 5.45. The molecule has 8 heteroatoms. The van der Waals surface area contributed by atoms with E-state index in [9.17, 15) is 0 Å². The Balaban J connectivity index is 1.89. The van der Waals surface area contributed by atoms with E-state index in [1.807, 2.05) is 13.1 Å². The van der Waals surface area contributed by atoms with Gasteiger partial charge in [-0.1, -0.05) is 0 Å². The maximum absolute atomic E-state index is 5.69. The van der Waals surface area contributed by atoms with Gasteiger partial charge >= 0.3 is 0 Å². The van der Waals surface area contributed by atoms with Crippen molar-refractivity contribution in [2.45, 2.75) is 0 Å². The Labute approximate surface area is 132 Å². The summed E-state index contributed by atoms with van der Waals surface area (Å²) in [6.07, 6.45) is 3.51. The molecule has 0 aromatic carbocycles. The Morgan fingerprint density at radius 3 is 2.70 bits per heavy atom. The minimum Gasteiger partial charge on any atom is -0.384 e. The second-order valence-corrected chi connectivity index (χ2v) is 5.45. The highest BCUT2D eigenvalue weighted by atomic mass is 16.5. The van der Waals surface area contributed by atoms with Gasteiger partial charge in [-0.25, -0.2) is 9.97 Å². The van der Waals surface area contributed by atoms with E-state index in [0.29, 0.717) is 25.0 Å². The number of morpholine rings is 1. The lowest BCUT2D eigenvalue weighted by Gasteiger charge is -2.27. The van der Waals surface area contributed by atoms with Crippen molar-refractivity contribution in [1.82, 2.24) is 24.7 Å². The van der Waals surface area contributed by atoms with Gasteiger partial charge in [0.15, 0.2) is 5.65 Å². The Hall–Kier alpha value is -2.74. The van der Waals surface area contributed by atoms with E-state index in [2.05, 4.69) is 20.0 Å². The van der Waals surface area contributed by atoms with Gasteiger partial charge in [0.05, 0.1) is 30.5 Å². The fourth-order valence-electron chi connectivity index (χ4n) is 2.68. The number of nitrogens with two attached hydrogens (primary N) is 1. The lowest BCUT2D eigenvalue weighted by atomic mass is 10.1. The number of pyridine rings is 1. The second kappa shape index (κ2) is 5.47. The maximum Gasteiger partial charge on any atom is 0.228 e. The van der Waals surface area contributed by atoms with Crippen molar-refractivity contribution in [3.8, 4) is 11.3 Å². The van der Waals surface area contributed by atoms with Crippen molar-refractivity contribution in [3.05, 3.63) is 24.5 Å². The summed E-state index contributed by atoms with van der Waals surface area (Å²) in [5.74, 6) is 1.18. The molecule has 0 aliphatic carbocycles. The lowest BCUT2D eigenvalue weighted by Crippen LogP contribution is -2.37. The minimum atomic E-state index is 0.485. The van der Waals surface area contributed by atoms with Crippen LogP contribution in [0.5, 0.6) is 0 Å². The number of nitrogen functional groups attached to an aromatic ring is 1. The highest BCUT2D eigenvalue weighted by Gasteiger charge is 2.19. The van der Waals surface area contributed by atoms with Crippen molar-refractivity contribution in [2.24, 2.45) is 7.05 Å². The molecule has 118 valence electrons. The van der Waals surface area contributed by atoms with Crippen LogP contribution in [0.1, 0.15) is 0 Å². The van der Waals surface area contributed by atoms with Gasteiger partial charge in [0.25, 0.3) is 0 Å². The zero-order chi connectivity index (χ0) is 15.8. The molecule has 1 aliphatic heterocycles. The van der Waals surface area contributed by atoms with Crippen molar-refractivity contribution in [3.63, 3.8) is 0 Å². The molecule has 0 amide bonds. The Morgan fingerprint density at radius 1 is 1.13 bits per heavy atom. The molecule has 0 spiro atoms. The molecule has 3 aromatic heterocycles. The van der Waals surface area contributed by atoms with Crippen molar-refractivity contribution < 1.29 is 4.74 Å². The summed E-state index contributed by atoms with van der Waals surface area (Å²) < 4.78 is 7.17. The predicted molar refractivity (Wildman–Crippen MR) is 87.0 cm³/mol. The SMILES string of the molecule is Cn1ncc2c(-c3ccc(N)nc3)nc(N3CCOCC3)nc21. The third-order valence-electron chi connectivity index (χ3n) is 3.93. The number of rotatable bonds is 2. The standard InChI is InChI=1S/C15H17N7O/c1-21-14-11(9-18-21)13(10-2-3-12(16)17-8-10)19-15(20-14)22-4-6-23-7-5-22/h2-3,8-9H,4-7H2,1H3,(H2,16,17). The number of aromatic nitrogens is 5. The Kier molecular flexibility index (Phi) is 3.30. The van der Waals surface area contributed by atoms with Crippen molar-refractivity contribution in [1.29, 1.82) is 0 Å². The van der Waals surface area contributed by atoms with Crippen LogP contribution in [-0.2, 0) is 11.8 Å². The minimum absolute atomic E-state index is 0.485. The smallest absolute Gasteiger partial charge is 0.228 e. The molecule has 0 bridgehead atoms. The van der Waals surface area contributed by atoms with Crippen LogP contribution in [-0.4, -0.2) is 51.0 Å². The summed E-state index contributed by atoms with van der Waals surface area (Å²) in [6.45, 7) is 2.93.